The molecule has 0 fully saturated rings. The van der Waals surface area contributed by atoms with Gasteiger partial charge < -0.3 is 5.32 Å². The second-order valence-electron chi connectivity index (χ2n) is 4.11. The SMILES string of the molecule is CC(C)(CNc1nc(Cl)nnc1Cl)S(C)(=O)=O. The molecule has 1 N–H and O–H groups in total. The molecule has 0 aliphatic rings. The molecule has 0 saturated carbocycles. The van der Waals surface area contributed by atoms with E-state index in [2.05, 4.69) is 20.5 Å². The van der Waals surface area contributed by atoms with Crippen LogP contribution in [0.15, 0.2) is 0 Å². The Kier molecular flexibility index (Phi) is 4.16. The number of nitrogens with zero attached hydrogens (tertiary/aromatic N) is 3. The molecule has 0 saturated heterocycles. The lowest BCUT2D eigenvalue weighted by molar-refractivity contribution is 0.559. The summed E-state index contributed by atoms with van der Waals surface area (Å²) >= 11 is 11.3. The van der Waals surface area contributed by atoms with Crippen molar-refractivity contribution in [1.82, 2.24) is 15.2 Å². The highest BCUT2D eigenvalue weighted by Crippen LogP contribution is 2.20. The lowest BCUT2D eigenvalue weighted by Gasteiger charge is -2.23. The van der Waals surface area contributed by atoms with Gasteiger partial charge in [0.25, 0.3) is 0 Å². The minimum absolute atomic E-state index is 0.0405. The van der Waals surface area contributed by atoms with Crippen molar-refractivity contribution < 1.29 is 8.42 Å². The van der Waals surface area contributed by atoms with Crippen LogP contribution in [0.25, 0.3) is 0 Å². The highest BCUT2D eigenvalue weighted by molar-refractivity contribution is 7.92. The van der Waals surface area contributed by atoms with Gasteiger partial charge in [0.1, 0.15) is 0 Å². The minimum Gasteiger partial charge on any atom is -0.366 e. The van der Waals surface area contributed by atoms with Crippen LogP contribution in [0.1, 0.15) is 13.8 Å². The first-order valence-corrected chi connectivity index (χ1v) is 7.27. The van der Waals surface area contributed by atoms with Gasteiger partial charge in [-0.3, -0.25) is 0 Å². The first-order chi connectivity index (χ1) is 7.63. The van der Waals surface area contributed by atoms with E-state index in [-0.39, 0.29) is 22.8 Å². The summed E-state index contributed by atoms with van der Waals surface area (Å²) in [5, 5.41) is 9.77. The third-order valence-electron chi connectivity index (χ3n) is 2.31. The van der Waals surface area contributed by atoms with Crippen molar-refractivity contribution in [2.75, 3.05) is 18.1 Å². The molecule has 1 aromatic rings. The van der Waals surface area contributed by atoms with E-state index in [0.29, 0.717) is 0 Å². The van der Waals surface area contributed by atoms with Gasteiger partial charge in [0.15, 0.2) is 20.8 Å². The molecular weight excluding hydrogens is 287 g/mol. The van der Waals surface area contributed by atoms with E-state index in [0.717, 1.165) is 0 Å². The molecule has 0 radical (unpaired) electrons. The number of hydrogen-bond acceptors (Lipinski definition) is 6. The van der Waals surface area contributed by atoms with Gasteiger partial charge in [-0.2, -0.15) is 4.98 Å². The smallest absolute Gasteiger partial charge is 0.245 e. The highest BCUT2D eigenvalue weighted by Gasteiger charge is 2.30. The number of hydrogen-bond donors (Lipinski definition) is 1. The van der Waals surface area contributed by atoms with Crippen LogP contribution >= 0.6 is 23.2 Å². The molecule has 0 aromatic carbocycles. The van der Waals surface area contributed by atoms with Crippen molar-refractivity contribution >= 4 is 38.9 Å². The number of sulfone groups is 1. The Hall–Kier alpha value is -0.660. The maximum Gasteiger partial charge on any atom is 0.245 e. The molecular formula is C8H12Cl2N4O2S. The average Bonchev–Trinajstić information content (AvgIpc) is 2.18. The summed E-state index contributed by atoms with van der Waals surface area (Å²) in [5.74, 6) is 0.211. The normalized spacial score (nSPS) is 12.5. The Morgan fingerprint density at radius 1 is 1.29 bits per heavy atom. The van der Waals surface area contributed by atoms with Gasteiger partial charge >= 0.3 is 0 Å². The number of anilines is 1. The summed E-state index contributed by atoms with van der Waals surface area (Å²) in [5.41, 5.74) is 0. The van der Waals surface area contributed by atoms with E-state index < -0.39 is 14.6 Å². The fraction of sp³-hybridized carbons (Fsp3) is 0.625. The van der Waals surface area contributed by atoms with Crippen molar-refractivity contribution in [3.05, 3.63) is 10.4 Å². The second-order valence-corrected chi connectivity index (χ2v) is 7.45. The standard InChI is InChI=1S/C8H12Cl2N4O2S/c1-8(2,17(3,15)16)4-11-6-5(9)13-14-7(10)12-6/h4H2,1-3H3,(H,11,12,14). The largest absolute Gasteiger partial charge is 0.366 e. The Labute approximate surface area is 110 Å². The lowest BCUT2D eigenvalue weighted by Crippen LogP contribution is -2.38. The summed E-state index contributed by atoms with van der Waals surface area (Å²) < 4.78 is 22.0. The van der Waals surface area contributed by atoms with Gasteiger partial charge in [-0.05, 0) is 25.4 Å². The van der Waals surface area contributed by atoms with Crippen LogP contribution in [0, 0.1) is 0 Å². The van der Waals surface area contributed by atoms with Crippen LogP contribution in [0.3, 0.4) is 0 Å². The van der Waals surface area contributed by atoms with Crippen molar-refractivity contribution in [1.29, 1.82) is 0 Å². The molecule has 17 heavy (non-hydrogen) atoms. The fourth-order valence-electron chi connectivity index (χ4n) is 0.833. The molecule has 0 atom stereocenters. The van der Waals surface area contributed by atoms with Crippen LogP contribution in [-0.2, 0) is 9.84 Å². The fourth-order valence-corrected chi connectivity index (χ4v) is 1.44. The van der Waals surface area contributed by atoms with Gasteiger partial charge in [0.05, 0.1) is 4.75 Å². The van der Waals surface area contributed by atoms with Crippen molar-refractivity contribution in [3.8, 4) is 0 Å². The predicted octanol–water partition coefficient (Wildman–Crippen LogP) is 1.41. The number of aromatic nitrogens is 3. The average molecular weight is 299 g/mol. The first-order valence-electron chi connectivity index (χ1n) is 4.63. The Morgan fingerprint density at radius 2 is 1.88 bits per heavy atom. The molecule has 0 aliphatic carbocycles. The Balaban J connectivity index is 2.84. The molecule has 1 aromatic heterocycles. The van der Waals surface area contributed by atoms with Crippen molar-refractivity contribution in [2.24, 2.45) is 0 Å². The maximum atomic E-state index is 11.5. The summed E-state index contributed by atoms with van der Waals surface area (Å²) in [6, 6.07) is 0. The van der Waals surface area contributed by atoms with Crippen LogP contribution < -0.4 is 5.32 Å². The highest BCUT2D eigenvalue weighted by atomic mass is 35.5. The molecule has 0 spiro atoms. The van der Waals surface area contributed by atoms with Gasteiger partial charge in [-0.15, -0.1) is 10.2 Å². The third-order valence-corrected chi connectivity index (χ3v) is 4.87. The molecule has 0 bridgehead atoms. The molecule has 0 aliphatic heterocycles. The van der Waals surface area contributed by atoms with Crippen LogP contribution in [-0.4, -0.2) is 41.1 Å². The Bertz CT molecular complexity index is 518. The summed E-state index contributed by atoms with van der Waals surface area (Å²) in [4.78, 5) is 3.81. The van der Waals surface area contributed by atoms with E-state index in [1.807, 2.05) is 0 Å². The summed E-state index contributed by atoms with van der Waals surface area (Å²) in [6.07, 6.45) is 1.17. The zero-order chi connectivity index (χ0) is 13.3. The van der Waals surface area contributed by atoms with Gasteiger partial charge in [-0.1, -0.05) is 11.6 Å². The zero-order valence-electron chi connectivity index (χ0n) is 9.53. The molecule has 9 heteroatoms. The molecule has 96 valence electrons. The van der Waals surface area contributed by atoms with Crippen molar-refractivity contribution in [2.45, 2.75) is 18.6 Å². The summed E-state index contributed by atoms with van der Waals surface area (Å²) in [7, 11) is -3.20. The van der Waals surface area contributed by atoms with E-state index in [1.165, 1.54) is 6.26 Å². The lowest BCUT2D eigenvalue weighted by atomic mass is 10.2. The molecule has 6 nitrogen and oxygen atoms in total. The first kappa shape index (κ1) is 14.4. The van der Waals surface area contributed by atoms with E-state index in [1.54, 1.807) is 13.8 Å². The summed E-state index contributed by atoms with van der Waals surface area (Å²) in [6.45, 7) is 3.33. The molecule has 0 unspecified atom stereocenters. The topological polar surface area (TPSA) is 84.8 Å². The van der Waals surface area contributed by atoms with Crippen LogP contribution in [0.5, 0.6) is 0 Å². The van der Waals surface area contributed by atoms with E-state index in [9.17, 15) is 8.42 Å². The number of halogens is 2. The third kappa shape index (κ3) is 3.65. The van der Waals surface area contributed by atoms with E-state index in [4.69, 9.17) is 23.2 Å². The maximum absolute atomic E-state index is 11.5. The van der Waals surface area contributed by atoms with Crippen LogP contribution in [0.4, 0.5) is 5.82 Å². The molecule has 1 heterocycles. The van der Waals surface area contributed by atoms with E-state index >= 15 is 0 Å². The minimum atomic E-state index is -3.20. The number of nitrogens with one attached hydrogen (secondary N) is 1. The number of rotatable bonds is 4. The second kappa shape index (κ2) is 4.91. The van der Waals surface area contributed by atoms with Gasteiger partial charge in [0.2, 0.25) is 5.28 Å². The monoisotopic (exact) mass is 298 g/mol. The predicted molar refractivity (Wildman–Crippen MR) is 67.3 cm³/mol. The Morgan fingerprint density at radius 3 is 2.41 bits per heavy atom. The quantitative estimate of drug-likeness (QED) is 0.905. The zero-order valence-corrected chi connectivity index (χ0v) is 11.9. The molecule has 0 amide bonds. The van der Waals surface area contributed by atoms with Gasteiger partial charge in [0, 0.05) is 12.8 Å². The van der Waals surface area contributed by atoms with Crippen molar-refractivity contribution in [3.63, 3.8) is 0 Å². The van der Waals surface area contributed by atoms with Gasteiger partial charge in [-0.25, -0.2) is 8.42 Å². The van der Waals surface area contributed by atoms with Crippen LogP contribution in [0.2, 0.25) is 10.4 Å². The molecule has 1 rings (SSSR count).